The average Bonchev–Trinajstić information content (AvgIpc) is 2.74. The Morgan fingerprint density at radius 3 is 2.43 bits per heavy atom. The highest BCUT2D eigenvalue weighted by atomic mass is 16.7. The molecule has 0 aromatic heterocycles. The van der Waals surface area contributed by atoms with E-state index in [0.717, 1.165) is 17.5 Å². The van der Waals surface area contributed by atoms with Crippen molar-refractivity contribution in [3.63, 3.8) is 0 Å². The first kappa shape index (κ1) is 20.4. The molecule has 2 aliphatic heterocycles. The predicted molar refractivity (Wildman–Crippen MR) is 101 cm³/mol. The van der Waals surface area contributed by atoms with Crippen LogP contribution in [0.15, 0.2) is 42.5 Å². The molecule has 0 saturated carbocycles. The third kappa shape index (κ3) is 3.92. The second-order valence-electron chi connectivity index (χ2n) is 7.43. The van der Waals surface area contributed by atoms with E-state index in [1.165, 1.54) is 0 Å². The summed E-state index contributed by atoms with van der Waals surface area (Å²) in [7, 11) is 0. The maximum atomic E-state index is 11.2. The molecule has 1 saturated heterocycles. The lowest BCUT2D eigenvalue weighted by Gasteiger charge is -2.38. The van der Waals surface area contributed by atoms with Crippen LogP contribution in [0.1, 0.15) is 17.0 Å². The number of benzene rings is 2. The lowest BCUT2D eigenvalue weighted by atomic mass is 9.90. The Bertz CT molecular complexity index is 913. The molecule has 0 spiro atoms. The number of aliphatic carboxylic acids is 1. The van der Waals surface area contributed by atoms with Crippen molar-refractivity contribution in [2.24, 2.45) is 0 Å². The Hall–Kier alpha value is -2.85. The van der Waals surface area contributed by atoms with E-state index in [2.05, 4.69) is 0 Å². The Labute approximate surface area is 171 Å². The molecular formula is C21H22O9. The zero-order chi connectivity index (χ0) is 21.4. The summed E-state index contributed by atoms with van der Waals surface area (Å²) in [6.45, 7) is 0.426. The number of hydrogen-bond donors (Lipinski definition) is 5. The van der Waals surface area contributed by atoms with Gasteiger partial charge in [-0.05, 0) is 35.7 Å². The maximum Gasteiger partial charge on any atom is 0.335 e. The first-order valence-corrected chi connectivity index (χ1v) is 9.47. The number of fused-ring (bicyclic) bond motifs is 1. The topological polar surface area (TPSA) is 146 Å². The van der Waals surface area contributed by atoms with E-state index in [1.807, 2.05) is 12.1 Å². The highest BCUT2D eigenvalue weighted by Crippen LogP contribution is 2.36. The number of rotatable bonds is 4. The lowest BCUT2D eigenvalue weighted by Crippen LogP contribution is -2.61. The number of aromatic hydroxyl groups is 1. The van der Waals surface area contributed by atoms with Crippen LogP contribution in [0.4, 0.5) is 0 Å². The Morgan fingerprint density at radius 2 is 1.73 bits per heavy atom. The molecule has 6 atom stereocenters. The quantitative estimate of drug-likeness (QED) is 0.476. The summed E-state index contributed by atoms with van der Waals surface area (Å²) in [6, 6.07) is 12.0. The fraction of sp³-hybridized carbons (Fsp3) is 0.381. The predicted octanol–water partition coefficient (Wildman–Crippen LogP) is 0.382. The van der Waals surface area contributed by atoms with Gasteiger partial charge in [-0.3, -0.25) is 0 Å². The molecule has 9 heteroatoms. The minimum atomic E-state index is -1.78. The van der Waals surface area contributed by atoms with Gasteiger partial charge in [-0.2, -0.15) is 0 Å². The van der Waals surface area contributed by atoms with Crippen LogP contribution in [0.25, 0.3) is 0 Å². The van der Waals surface area contributed by atoms with Crippen LogP contribution in [0.3, 0.4) is 0 Å². The van der Waals surface area contributed by atoms with Crippen LogP contribution >= 0.6 is 0 Å². The monoisotopic (exact) mass is 418 g/mol. The molecule has 2 aliphatic rings. The van der Waals surface area contributed by atoms with Gasteiger partial charge in [-0.25, -0.2) is 4.79 Å². The van der Waals surface area contributed by atoms with Gasteiger partial charge in [0.25, 0.3) is 0 Å². The number of carboxylic acid groups (broad SMARTS) is 1. The summed E-state index contributed by atoms with van der Waals surface area (Å²) in [5.74, 6) is -0.304. The van der Waals surface area contributed by atoms with Crippen LogP contribution in [0, 0.1) is 0 Å². The number of carboxylic acids is 1. The summed E-state index contributed by atoms with van der Waals surface area (Å²) in [5, 5.41) is 48.3. The summed E-state index contributed by atoms with van der Waals surface area (Å²) in [5.41, 5.74) is 1.99. The van der Waals surface area contributed by atoms with E-state index in [0.29, 0.717) is 12.4 Å². The smallest absolute Gasteiger partial charge is 0.335 e. The van der Waals surface area contributed by atoms with Crippen LogP contribution < -0.4 is 9.47 Å². The normalized spacial score (nSPS) is 30.8. The molecule has 160 valence electrons. The standard InChI is InChI=1S/C21H22O9/c22-13-4-1-10(2-5-13)12-7-11-3-6-14(8-15(11)28-9-12)29-21-18(25)16(23)17(24)19(30-21)20(26)27/h1-6,8,12,16-19,21-25H,7,9H2,(H,26,27)/t12?,16-,17-,18-,19?,21+/m0/s1. The highest BCUT2D eigenvalue weighted by Gasteiger charge is 2.48. The van der Waals surface area contributed by atoms with Gasteiger partial charge in [0, 0.05) is 12.0 Å². The van der Waals surface area contributed by atoms with E-state index in [1.54, 1.807) is 30.3 Å². The Kier molecular flexibility index (Phi) is 5.52. The molecule has 2 heterocycles. The highest BCUT2D eigenvalue weighted by molar-refractivity contribution is 5.73. The molecule has 2 unspecified atom stereocenters. The van der Waals surface area contributed by atoms with Crippen LogP contribution in [0.5, 0.6) is 17.2 Å². The molecule has 0 aliphatic carbocycles. The van der Waals surface area contributed by atoms with E-state index < -0.39 is 36.7 Å². The zero-order valence-electron chi connectivity index (χ0n) is 15.8. The molecule has 0 bridgehead atoms. The van der Waals surface area contributed by atoms with Crippen molar-refractivity contribution >= 4 is 5.97 Å². The molecule has 0 amide bonds. The summed E-state index contributed by atoms with van der Waals surface area (Å²) >= 11 is 0. The Morgan fingerprint density at radius 1 is 1.00 bits per heavy atom. The van der Waals surface area contributed by atoms with Gasteiger partial charge >= 0.3 is 5.97 Å². The first-order valence-electron chi connectivity index (χ1n) is 9.47. The van der Waals surface area contributed by atoms with Gasteiger partial charge < -0.3 is 39.7 Å². The van der Waals surface area contributed by atoms with Gasteiger partial charge in [0.05, 0.1) is 6.61 Å². The van der Waals surface area contributed by atoms with Crippen molar-refractivity contribution in [3.05, 3.63) is 53.6 Å². The van der Waals surface area contributed by atoms with E-state index in [-0.39, 0.29) is 17.4 Å². The zero-order valence-corrected chi connectivity index (χ0v) is 15.8. The number of carbonyl (C=O) groups is 1. The molecule has 0 radical (unpaired) electrons. The van der Waals surface area contributed by atoms with Crippen molar-refractivity contribution < 1.29 is 44.5 Å². The minimum absolute atomic E-state index is 0.126. The van der Waals surface area contributed by atoms with Crippen LogP contribution in [-0.4, -0.2) is 68.8 Å². The van der Waals surface area contributed by atoms with E-state index in [9.17, 15) is 25.2 Å². The van der Waals surface area contributed by atoms with Crippen molar-refractivity contribution in [1.82, 2.24) is 0 Å². The minimum Gasteiger partial charge on any atom is -0.508 e. The van der Waals surface area contributed by atoms with Crippen molar-refractivity contribution in [1.29, 1.82) is 0 Å². The summed E-state index contributed by atoms with van der Waals surface area (Å²) in [4.78, 5) is 11.2. The second-order valence-corrected chi connectivity index (χ2v) is 7.43. The number of ether oxygens (including phenoxy) is 3. The lowest BCUT2D eigenvalue weighted by molar-refractivity contribution is -0.271. The van der Waals surface area contributed by atoms with Crippen molar-refractivity contribution in [2.75, 3.05) is 6.61 Å². The van der Waals surface area contributed by atoms with E-state index >= 15 is 0 Å². The molecule has 1 fully saturated rings. The molecule has 2 aromatic carbocycles. The Balaban J connectivity index is 1.47. The SMILES string of the molecule is O=C(O)C1O[C@@H](Oc2ccc3c(c2)OCC(c2ccc(O)cc2)C3)[C@@H](O)[C@@H](O)[C@@H]1O. The third-order valence-electron chi connectivity index (χ3n) is 5.37. The molecule has 9 nitrogen and oxygen atoms in total. The number of aliphatic hydroxyl groups is 3. The van der Waals surface area contributed by atoms with Crippen LogP contribution in [-0.2, 0) is 16.0 Å². The third-order valence-corrected chi connectivity index (χ3v) is 5.37. The number of phenols is 1. The second kappa shape index (κ2) is 8.11. The summed E-state index contributed by atoms with van der Waals surface area (Å²) < 4.78 is 16.5. The number of phenolic OH excluding ortho intramolecular Hbond substituents is 1. The van der Waals surface area contributed by atoms with Crippen molar-refractivity contribution in [2.45, 2.75) is 43.0 Å². The maximum absolute atomic E-state index is 11.2. The van der Waals surface area contributed by atoms with E-state index in [4.69, 9.17) is 19.3 Å². The number of hydrogen-bond acceptors (Lipinski definition) is 8. The van der Waals surface area contributed by atoms with Gasteiger partial charge in [0.2, 0.25) is 6.29 Å². The van der Waals surface area contributed by atoms with Gasteiger partial charge in [0.1, 0.15) is 35.6 Å². The molecular weight excluding hydrogens is 396 g/mol. The molecule has 2 aromatic rings. The van der Waals surface area contributed by atoms with Crippen LogP contribution in [0.2, 0.25) is 0 Å². The van der Waals surface area contributed by atoms with Gasteiger partial charge in [0.15, 0.2) is 6.10 Å². The largest absolute Gasteiger partial charge is 0.508 e. The van der Waals surface area contributed by atoms with Crippen molar-refractivity contribution in [3.8, 4) is 17.2 Å². The molecule has 5 N–H and O–H groups in total. The first-order chi connectivity index (χ1) is 14.3. The average molecular weight is 418 g/mol. The number of aliphatic hydroxyl groups excluding tert-OH is 3. The van der Waals surface area contributed by atoms with Gasteiger partial charge in [-0.15, -0.1) is 0 Å². The molecule has 30 heavy (non-hydrogen) atoms. The van der Waals surface area contributed by atoms with Gasteiger partial charge in [-0.1, -0.05) is 18.2 Å². The summed E-state index contributed by atoms with van der Waals surface area (Å²) in [6.07, 6.45) is -7.63. The fourth-order valence-corrected chi connectivity index (χ4v) is 3.67. The fourth-order valence-electron chi connectivity index (χ4n) is 3.67. The molecule has 4 rings (SSSR count).